The minimum absolute atomic E-state index is 0.135. The Balaban J connectivity index is 1.92. The number of nitrogens with one attached hydrogen (secondary N) is 1. The van der Waals surface area contributed by atoms with Crippen LogP contribution < -0.4 is 5.32 Å². The quantitative estimate of drug-likeness (QED) is 0.593. The fourth-order valence-electron chi connectivity index (χ4n) is 2.40. The van der Waals surface area contributed by atoms with Gasteiger partial charge in [-0.05, 0) is 26.3 Å². The molecule has 1 aromatic rings. The Morgan fingerprint density at radius 1 is 1.41 bits per heavy atom. The highest BCUT2D eigenvalue weighted by Crippen LogP contribution is 2.23. The van der Waals surface area contributed by atoms with Crippen LogP contribution in [0, 0.1) is 13.8 Å². The number of aryl methyl sites for hydroxylation is 2. The maximum absolute atomic E-state index is 12.1. The average Bonchev–Trinajstić information content (AvgIpc) is 2.82. The predicted molar refractivity (Wildman–Crippen MR) is 80.8 cm³/mol. The summed E-state index contributed by atoms with van der Waals surface area (Å²) in [4.78, 5) is 31.6. The first-order valence-electron chi connectivity index (χ1n) is 6.94. The van der Waals surface area contributed by atoms with Crippen molar-refractivity contribution in [2.24, 2.45) is 0 Å². The maximum atomic E-state index is 12.1. The zero-order valence-electron chi connectivity index (χ0n) is 12.6. The fraction of sp³-hybridized carbons (Fsp3) is 0.571. The second-order valence-corrected chi connectivity index (χ2v) is 6.37. The van der Waals surface area contributed by atoms with Gasteiger partial charge in [0.05, 0.1) is 24.3 Å². The summed E-state index contributed by atoms with van der Waals surface area (Å²) in [6, 6.07) is 1.86. The van der Waals surface area contributed by atoms with Crippen molar-refractivity contribution in [2.45, 2.75) is 37.4 Å². The summed E-state index contributed by atoms with van der Waals surface area (Å²) in [6.07, 6.45) is 0.374. The van der Waals surface area contributed by atoms with Crippen LogP contribution in [-0.4, -0.2) is 51.5 Å². The normalized spacial score (nSPS) is 20.8. The van der Waals surface area contributed by atoms with Crippen LogP contribution in [0.5, 0.6) is 0 Å². The number of thioether (sulfide) groups is 1. The number of hydrogen-bond donors (Lipinski definition) is 2. The molecule has 0 bridgehead atoms. The molecule has 1 unspecified atom stereocenters. The van der Waals surface area contributed by atoms with E-state index in [4.69, 9.17) is 9.84 Å². The molecule has 1 atom stereocenters. The first-order chi connectivity index (χ1) is 10.4. The molecule has 0 spiro atoms. The van der Waals surface area contributed by atoms with Crippen molar-refractivity contribution in [2.75, 3.05) is 19.0 Å². The largest absolute Gasteiger partial charge is 0.481 e. The molecule has 0 aliphatic carbocycles. The van der Waals surface area contributed by atoms with Gasteiger partial charge in [-0.1, -0.05) is 11.8 Å². The van der Waals surface area contributed by atoms with E-state index in [1.165, 1.54) is 11.8 Å². The molecule has 2 N–H and O–H groups in total. The van der Waals surface area contributed by atoms with Crippen LogP contribution in [-0.2, 0) is 14.3 Å². The van der Waals surface area contributed by atoms with Crippen LogP contribution in [0.25, 0.3) is 0 Å². The van der Waals surface area contributed by atoms with Gasteiger partial charge in [-0.15, -0.1) is 0 Å². The van der Waals surface area contributed by atoms with E-state index in [2.05, 4.69) is 15.3 Å². The van der Waals surface area contributed by atoms with E-state index >= 15 is 0 Å². The first-order valence-corrected chi connectivity index (χ1v) is 7.93. The van der Waals surface area contributed by atoms with E-state index in [0.29, 0.717) is 18.2 Å². The molecule has 120 valence electrons. The van der Waals surface area contributed by atoms with Crippen molar-refractivity contribution in [1.29, 1.82) is 0 Å². The number of ether oxygens (including phenoxy) is 1. The molecule has 0 saturated carbocycles. The molecule has 1 aromatic heterocycles. The fourth-order valence-corrected chi connectivity index (χ4v) is 3.15. The number of carbonyl (C=O) groups excluding carboxylic acids is 1. The van der Waals surface area contributed by atoms with Gasteiger partial charge in [-0.25, -0.2) is 9.97 Å². The lowest BCUT2D eigenvalue weighted by atomic mass is 9.94. The molecule has 1 amide bonds. The minimum Gasteiger partial charge on any atom is -0.481 e. The van der Waals surface area contributed by atoms with Crippen molar-refractivity contribution in [3.05, 3.63) is 17.5 Å². The van der Waals surface area contributed by atoms with Crippen molar-refractivity contribution in [1.82, 2.24) is 15.3 Å². The van der Waals surface area contributed by atoms with Gasteiger partial charge >= 0.3 is 5.97 Å². The van der Waals surface area contributed by atoms with Crippen molar-refractivity contribution >= 4 is 23.6 Å². The minimum atomic E-state index is -0.948. The third-order valence-corrected chi connectivity index (χ3v) is 4.14. The standard InChI is InChI=1S/C14H19N3O4S/c1-9-5-10(2)16-13(15-9)22-7-11(18)17-14(6-12(19)20)3-4-21-8-14/h5H,3-4,6-8H2,1-2H3,(H,17,18)(H,19,20). The molecular formula is C14H19N3O4S. The highest BCUT2D eigenvalue weighted by atomic mass is 32.2. The Bertz CT molecular complexity index is 553. The molecule has 0 aromatic carbocycles. The van der Waals surface area contributed by atoms with Crippen LogP contribution >= 0.6 is 11.8 Å². The van der Waals surface area contributed by atoms with Gasteiger partial charge in [-0.2, -0.15) is 0 Å². The van der Waals surface area contributed by atoms with Crippen LogP contribution in [0.2, 0.25) is 0 Å². The molecule has 2 rings (SSSR count). The lowest BCUT2D eigenvalue weighted by Crippen LogP contribution is -2.51. The molecule has 2 heterocycles. The van der Waals surface area contributed by atoms with Crippen LogP contribution in [0.4, 0.5) is 0 Å². The number of carboxylic acid groups (broad SMARTS) is 1. The van der Waals surface area contributed by atoms with E-state index < -0.39 is 11.5 Å². The Labute approximate surface area is 132 Å². The SMILES string of the molecule is Cc1cc(C)nc(SCC(=O)NC2(CC(=O)O)CCOC2)n1. The van der Waals surface area contributed by atoms with Crippen LogP contribution in [0.15, 0.2) is 11.2 Å². The molecule has 7 nitrogen and oxygen atoms in total. The average molecular weight is 325 g/mol. The summed E-state index contributed by atoms with van der Waals surface area (Å²) >= 11 is 1.24. The number of hydrogen-bond acceptors (Lipinski definition) is 6. The van der Waals surface area contributed by atoms with E-state index in [0.717, 1.165) is 11.4 Å². The Morgan fingerprint density at radius 3 is 2.64 bits per heavy atom. The van der Waals surface area contributed by atoms with Gasteiger partial charge in [0.15, 0.2) is 5.16 Å². The third kappa shape index (κ3) is 4.67. The highest BCUT2D eigenvalue weighted by Gasteiger charge is 2.38. The van der Waals surface area contributed by atoms with Crippen molar-refractivity contribution in [3.8, 4) is 0 Å². The molecule has 22 heavy (non-hydrogen) atoms. The van der Waals surface area contributed by atoms with Gasteiger partial charge in [0, 0.05) is 18.0 Å². The van der Waals surface area contributed by atoms with Crippen LogP contribution in [0.1, 0.15) is 24.2 Å². The molecule has 1 aliphatic rings. The Kier molecular flexibility index (Phi) is 5.36. The van der Waals surface area contributed by atoms with Gasteiger partial charge in [-0.3, -0.25) is 9.59 Å². The number of aromatic nitrogens is 2. The van der Waals surface area contributed by atoms with Crippen molar-refractivity contribution < 1.29 is 19.4 Å². The summed E-state index contributed by atoms with van der Waals surface area (Å²) in [5.41, 5.74) is 0.899. The predicted octanol–water partition coefficient (Wildman–Crippen LogP) is 0.936. The summed E-state index contributed by atoms with van der Waals surface area (Å²) < 4.78 is 5.25. The van der Waals surface area contributed by atoms with Gasteiger partial charge in [0.2, 0.25) is 5.91 Å². The molecular weight excluding hydrogens is 306 g/mol. The third-order valence-electron chi connectivity index (χ3n) is 3.29. The van der Waals surface area contributed by atoms with E-state index in [1.807, 2.05) is 19.9 Å². The topological polar surface area (TPSA) is 101 Å². The van der Waals surface area contributed by atoms with Crippen molar-refractivity contribution in [3.63, 3.8) is 0 Å². The zero-order valence-corrected chi connectivity index (χ0v) is 13.4. The molecule has 1 fully saturated rings. The van der Waals surface area contributed by atoms with E-state index in [1.54, 1.807) is 0 Å². The molecule has 8 heteroatoms. The monoisotopic (exact) mass is 325 g/mol. The number of rotatable bonds is 6. The summed E-state index contributed by atoms with van der Waals surface area (Å²) in [5.74, 6) is -1.04. The van der Waals surface area contributed by atoms with E-state index in [9.17, 15) is 9.59 Å². The molecule has 1 aliphatic heterocycles. The van der Waals surface area contributed by atoms with Gasteiger partial charge in [0.1, 0.15) is 0 Å². The number of nitrogens with zero attached hydrogens (tertiary/aromatic N) is 2. The molecule has 0 radical (unpaired) electrons. The summed E-state index contributed by atoms with van der Waals surface area (Å²) in [6.45, 7) is 4.43. The maximum Gasteiger partial charge on any atom is 0.305 e. The van der Waals surface area contributed by atoms with Gasteiger partial charge < -0.3 is 15.2 Å². The second kappa shape index (κ2) is 7.06. The highest BCUT2D eigenvalue weighted by molar-refractivity contribution is 7.99. The lowest BCUT2D eigenvalue weighted by molar-refractivity contribution is -0.139. The Morgan fingerprint density at radius 2 is 2.09 bits per heavy atom. The zero-order chi connectivity index (χ0) is 16.2. The molecule has 1 saturated heterocycles. The number of carboxylic acids is 1. The number of amides is 1. The number of carbonyl (C=O) groups is 2. The van der Waals surface area contributed by atoms with E-state index in [-0.39, 0.29) is 24.7 Å². The Hall–Kier alpha value is -1.67. The smallest absolute Gasteiger partial charge is 0.305 e. The van der Waals surface area contributed by atoms with Crippen LogP contribution in [0.3, 0.4) is 0 Å². The first kappa shape index (κ1) is 16.7. The summed E-state index contributed by atoms with van der Waals surface area (Å²) in [7, 11) is 0. The summed E-state index contributed by atoms with van der Waals surface area (Å²) in [5, 5.41) is 12.3. The second-order valence-electron chi connectivity index (χ2n) is 5.42. The number of aliphatic carboxylic acids is 1. The lowest BCUT2D eigenvalue weighted by Gasteiger charge is -2.26. The van der Waals surface area contributed by atoms with Gasteiger partial charge in [0.25, 0.3) is 0 Å².